The van der Waals surface area contributed by atoms with Gasteiger partial charge in [0.2, 0.25) is 0 Å². The first-order valence-corrected chi connectivity index (χ1v) is 4.96. The predicted molar refractivity (Wildman–Crippen MR) is 43.4 cm³/mol. The summed E-state index contributed by atoms with van der Waals surface area (Å²) < 4.78 is 59.7. The molecule has 1 aromatic rings. The highest BCUT2D eigenvalue weighted by molar-refractivity contribution is 7.89. The summed E-state index contributed by atoms with van der Waals surface area (Å²) in [6.07, 6.45) is 0. The molecule has 0 radical (unpaired) electrons. The molecular weight excluding hydrogens is 219 g/mol. The van der Waals surface area contributed by atoms with Crippen LogP contribution in [0.2, 0.25) is 0 Å². The number of primary sulfonamides is 1. The van der Waals surface area contributed by atoms with E-state index in [0.717, 1.165) is 18.2 Å². The highest BCUT2D eigenvalue weighted by atomic mass is 32.2. The molecule has 0 amide bonds. The molecular formula is C7H6F3NO2S. The van der Waals surface area contributed by atoms with Crippen LogP contribution in [0.5, 0.6) is 0 Å². The number of halogens is 3. The minimum Gasteiger partial charge on any atom is -0.223 e. The molecule has 3 nitrogen and oxygen atoms in total. The topological polar surface area (TPSA) is 60.2 Å². The Hall–Kier alpha value is -1.08. The van der Waals surface area contributed by atoms with Crippen LogP contribution in [-0.4, -0.2) is 8.42 Å². The molecule has 2 N–H and O–H groups in total. The number of alkyl halides is 2. The van der Waals surface area contributed by atoms with E-state index in [2.05, 4.69) is 5.14 Å². The number of hydrogen-bond donors (Lipinski definition) is 1. The molecule has 0 aliphatic carbocycles. The van der Waals surface area contributed by atoms with Crippen molar-refractivity contribution in [1.29, 1.82) is 0 Å². The Morgan fingerprint density at radius 1 is 1.21 bits per heavy atom. The standard InChI is InChI=1S/C7H6F3NO2S/c8-6-4-2-1-3-5(6)7(9,10)14(11,12)13/h1-4H,(H2,11,12,13). The monoisotopic (exact) mass is 225 g/mol. The molecule has 7 heteroatoms. The Morgan fingerprint density at radius 3 is 2.14 bits per heavy atom. The lowest BCUT2D eigenvalue weighted by molar-refractivity contribution is 0.0862. The number of sulfonamides is 1. The summed E-state index contributed by atoms with van der Waals surface area (Å²) in [5, 5.41) is -0.135. The maximum absolute atomic E-state index is 13.0. The molecule has 0 spiro atoms. The van der Waals surface area contributed by atoms with E-state index < -0.39 is 26.7 Å². The first kappa shape index (κ1) is 11.0. The van der Waals surface area contributed by atoms with Gasteiger partial charge >= 0.3 is 5.25 Å². The van der Waals surface area contributed by atoms with Crippen molar-refractivity contribution in [3.05, 3.63) is 35.6 Å². The molecule has 0 bridgehead atoms. The molecule has 0 aromatic heterocycles. The van der Waals surface area contributed by atoms with E-state index in [1.807, 2.05) is 0 Å². The third-order valence-electron chi connectivity index (χ3n) is 1.54. The molecule has 0 fully saturated rings. The smallest absolute Gasteiger partial charge is 0.223 e. The third-order valence-corrected chi connectivity index (χ3v) is 2.48. The van der Waals surface area contributed by atoms with E-state index >= 15 is 0 Å². The van der Waals surface area contributed by atoms with Gasteiger partial charge in [-0.1, -0.05) is 12.1 Å². The van der Waals surface area contributed by atoms with E-state index in [1.54, 1.807) is 0 Å². The van der Waals surface area contributed by atoms with E-state index in [0.29, 0.717) is 6.07 Å². The molecule has 1 aromatic carbocycles. The molecule has 0 saturated heterocycles. The summed E-state index contributed by atoms with van der Waals surface area (Å²) in [7, 11) is -5.15. The van der Waals surface area contributed by atoms with Crippen molar-refractivity contribution < 1.29 is 21.6 Å². The molecule has 1 rings (SSSR count). The molecule has 0 atom stereocenters. The summed E-state index contributed by atoms with van der Waals surface area (Å²) in [5.41, 5.74) is -1.25. The van der Waals surface area contributed by atoms with Crippen LogP contribution < -0.4 is 5.14 Å². The lowest BCUT2D eigenvalue weighted by Gasteiger charge is -2.14. The zero-order valence-electron chi connectivity index (χ0n) is 6.75. The van der Waals surface area contributed by atoms with E-state index in [4.69, 9.17) is 0 Å². The normalized spacial score (nSPS) is 12.9. The fourth-order valence-corrected chi connectivity index (χ4v) is 1.32. The summed E-state index contributed by atoms with van der Waals surface area (Å²) in [5.74, 6) is -1.31. The van der Waals surface area contributed by atoms with Crippen molar-refractivity contribution in [3.63, 3.8) is 0 Å². The zero-order valence-corrected chi connectivity index (χ0v) is 7.56. The second kappa shape index (κ2) is 3.25. The number of nitrogens with two attached hydrogens (primary N) is 1. The Morgan fingerprint density at radius 2 is 1.71 bits per heavy atom. The van der Waals surface area contributed by atoms with Crippen LogP contribution in [0.1, 0.15) is 5.56 Å². The third kappa shape index (κ3) is 1.73. The van der Waals surface area contributed by atoms with Crippen LogP contribution in [-0.2, 0) is 15.3 Å². The van der Waals surface area contributed by atoms with Crippen LogP contribution in [0.15, 0.2) is 24.3 Å². The maximum Gasteiger partial charge on any atom is 0.386 e. The zero-order chi connectivity index (χ0) is 11.0. The van der Waals surface area contributed by atoms with Gasteiger partial charge in [0.25, 0.3) is 10.0 Å². The van der Waals surface area contributed by atoms with Gasteiger partial charge in [-0.3, -0.25) is 0 Å². The van der Waals surface area contributed by atoms with Crippen LogP contribution in [0.4, 0.5) is 13.2 Å². The number of hydrogen-bond acceptors (Lipinski definition) is 2. The summed E-state index contributed by atoms with van der Waals surface area (Å²) in [4.78, 5) is 0. The van der Waals surface area contributed by atoms with Crippen LogP contribution in [0, 0.1) is 5.82 Å². The van der Waals surface area contributed by atoms with Crippen molar-refractivity contribution >= 4 is 10.0 Å². The second-order valence-electron chi connectivity index (χ2n) is 2.54. The van der Waals surface area contributed by atoms with Gasteiger partial charge in [0, 0.05) is 0 Å². The van der Waals surface area contributed by atoms with Gasteiger partial charge in [-0.15, -0.1) is 0 Å². The van der Waals surface area contributed by atoms with Gasteiger partial charge in [0.1, 0.15) is 5.82 Å². The number of benzene rings is 1. The summed E-state index contributed by atoms with van der Waals surface area (Å²) in [6.45, 7) is 0. The average molecular weight is 225 g/mol. The molecule has 78 valence electrons. The van der Waals surface area contributed by atoms with E-state index in [1.165, 1.54) is 0 Å². The van der Waals surface area contributed by atoms with Gasteiger partial charge in [-0.25, -0.2) is 17.9 Å². The van der Waals surface area contributed by atoms with E-state index in [9.17, 15) is 21.6 Å². The van der Waals surface area contributed by atoms with Gasteiger partial charge in [-0.05, 0) is 12.1 Å². The summed E-state index contributed by atoms with van der Waals surface area (Å²) >= 11 is 0. The van der Waals surface area contributed by atoms with Crippen molar-refractivity contribution in [2.75, 3.05) is 0 Å². The van der Waals surface area contributed by atoms with Crippen molar-refractivity contribution in [2.45, 2.75) is 5.25 Å². The lowest BCUT2D eigenvalue weighted by Crippen LogP contribution is -2.33. The second-order valence-corrected chi connectivity index (χ2v) is 4.14. The first-order chi connectivity index (χ1) is 6.27. The molecule has 0 saturated carbocycles. The Labute approximate surface area is 78.4 Å². The highest BCUT2D eigenvalue weighted by Gasteiger charge is 2.46. The minimum atomic E-state index is -5.15. The quantitative estimate of drug-likeness (QED) is 0.821. The fraction of sp³-hybridized carbons (Fsp3) is 0.143. The van der Waals surface area contributed by atoms with Crippen molar-refractivity contribution in [1.82, 2.24) is 0 Å². The van der Waals surface area contributed by atoms with Crippen LogP contribution in [0.3, 0.4) is 0 Å². The maximum atomic E-state index is 13.0. The molecule has 0 aliphatic heterocycles. The fourth-order valence-electron chi connectivity index (χ4n) is 0.851. The molecule has 0 aliphatic rings. The minimum absolute atomic E-state index is 0.666. The number of rotatable bonds is 2. The lowest BCUT2D eigenvalue weighted by atomic mass is 10.2. The Bertz CT molecular complexity index is 444. The predicted octanol–water partition coefficient (Wildman–Crippen LogP) is 1.16. The van der Waals surface area contributed by atoms with Crippen LogP contribution in [0.25, 0.3) is 0 Å². The van der Waals surface area contributed by atoms with E-state index in [-0.39, 0.29) is 0 Å². The molecule has 14 heavy (non-hydrogen) atoms. The van der Waals surface area contributed by atoms with Crippen LogP contribution >= 0.6 is 0 Å². The van der Waals surface area contributed by atoms with Gasteiger partial charge in [0.05, 0.1) is 5.56 Å². The molecule has 0 unspecified atom stereocenters. The van der Waals surface area contributed by atoms with Gasteiger partial charge in [-0.2, -0.15) is 8.78 Å². The summed E-state index contributed by atoms with van der Waals surface area (Å²) in [6, 6.07) is 3.66. The van der Waals surface area contributed by atoms with Gasteiger partial charge in [0.15, 0.2) is 0 Å². The first-order valence-electron chi connectivity index (χ1n) is 3.42. The van der Waals surface area contributed by atoms with Crippen molar-refractivity contribution in [2.24, 2.45) is 5.14 Å². The molecule has 0 heterocycles. The average Bonchev–Trinajstić information content (AvgIpc) is 2.02. The Kier molecular flexibility index (Phi) is 2.55. The van der Waals surface area contributed by atoms with Gasteiger partial charge < -0.3 is 0 Å². The highest BCUT2D eigenvalue weighted by Crippen LogP contribution is 2.33. The van der Waals surface area contributed by atoms with Crippen molar-refractivity contribution in [3.8, 4) is 0 Å². The largest absolute Gasteiger partial charge is 0.386 e. The Balaban J connectivity index is 3.38. The SMILES string of the molecule is NS(=O)(=O)C(F)(F)c1ccccc1F.